The van der Waals surface area contributed by atoms with E-state index in [-0.39, 0.29) is 0 Å². The van der Waals surface area contributed by atoms with Crippen LogP contribution in [0.5, 0.6) is 5.75 Å². The topological polar surface area (TPSA) is 30.8 Å². The molecule has 0 atom stereocenters. The largest absolute Gasteiger partial charge is 0.496 e. The molecule has 0 bridgehead atoms. The summed E-state index contributed by atoms with van der Waals surface area (Å²) in [7, 11) is 1.66. The van der Waals surface area contributed by atoms with Gasteiger partial charge in [-0.2, -0.15) is 0 Å². The minimum absolute atomic E-state index is 0.451. The second-order valence-electron chi connectivity index (χ2n) is 3.52. The Morgan fingerprint density at radius 3 is 2.88 bits per heavy atom. The van der Waals surface area contributed by atoms with E-state index in [0.717, 1.165) is 24.2 Å². The molecule has 88 valence electrons. The summed E-state index contributed by atoms with van der Waals surface area (Å²) in [6, 6.07) is 7.79. The predicted octanol–water partition coefficient (Wildman–Crippen LogP) is 3.39. The first-order valence-electron chi connectivity index (χ1n) is 5.64. The molecule has 0 saturated heterocycles. The maximum absolute atomic E-state index is 5.21. The summed E-state index contributed by atoms with van der Waals surface area (Å²) in [6.07, 6.45) is 5.13. The lowest BCUT2D eigenvalue weighted by molar-refractivity contribution is 0.129. The fraction of sp³-hybridized carbons (Fsp3) is 0.462. The first kappa shape index (κ1) is 12.6. The van der Waals surface area contributed by atoms with Crippen molar-refractivity contribution in [3.8, 4) is 5.75 Å². The first-order chi connectivity index (χ1) is 7.88. The van der Waals surface area contributed by atoms with Gasteiger partial charge < -0.3 is 9.57 Å². The van der Waals surface area contributed by atoms with Crippen LogP contribution in [0.2, 0.25) is 0 Å². The van der Waals surface area contributed by atoms with Crippen molar-refractivity contribution in [3.05, 3.63) is 29.8 Å². The number of hydrogen-bond donors (Lipinski definition) is 0. The molecule has 1 rings (SSSR count). The third-order valence-corrected chi connectivity index (χ3v) is 2.25. The number of oxime groups is 1. The van der Waals surface area contributed by atoms with Crippen molar-refractivity contribution in [2.24, 2.45) is 5.16 Å². The zero-order chi connectivity index (χ0) is 11.6. The molecule has 0 heterocycles. The summed E-state index contributed by atoms with van der Waals surface area (Å²) < 4.78 is 5.21. The normalized spacial score (nSPS) is 10.6. The second kappa shape index (κ2) is 7.74. The molecular formula is C13H19NO2. The zero-order valence-corrected chi connectivity index (χ0v) is 9.98. The number of nitrogens with zero attached hydrogens (tertiary/aromatic N) is 1. The van der Waals surface area contributed by atoms with Gasteiger partial charge in [0.25, 0.3) is 0 Å². The van der Waals surface area contributed by atoms with Crippen LogP contribution in [-0.4, -0.2) is 13.3 Å². The third-order valence-electron chi connectivity index (χ3n) is 2.25. The van der Waals surface area contributed by atoms with Crippen LogP contribution in [0.3, 0.4) is 0 Å². The number of methoxy groups -OCH3 is 1. The highest BCUT2D eigenvalue weighted by Crippen LogP contribution is 2.17. The van der Waals surface area contributed by atoms with Crippen LogP contribution in [0.15, 0.2) is 29.4 Å². The van der Waals surface area contributed by atoms with Gasteiger partial charge in [0.15, 0.2) is 0 Å². The number of benzene rings is 1. The van der Waals surface area contributed by atoms with Crippen LogP contribution in [0.1, 0.15) is 31.7 Å². The molecule has 0 aliphatic carbocycles. The third kappa shape index (κ3) is 4.34. The summed E-state index contributed by atoms with van der Waals surface area (Å²) in [5, 5.41) is 3.90. The van der Waals surface area contributed by atoms with Crippen molar-refractivity contribution in [1.82, 2.24) is 0 Å². The highest BCUT2D eigenvalue weighted by Gasteiger charge is 2.00. The molecule has 1 aromatic rings. The average Bonchev–Trinajstić information content (AvgIpc) is 2.34. The molecule has 1 aromatic carbocycles. The van der Waals surface area contributed by atoms with Crippen molar-refractivity contribution >= 4 is 6.21 Å². The van der Waals surface area contributed by atoms with Gasteiger partial charge in [-0.15, -0.1) is 0 Å². The Bertz CT molecular complexity index is 323. The second-order valence-corrected chi connectivity index (χ2v) is 3.52. The fourth-order valence-electron chi connectivity index (χ4n) is 1.33. The Morgan fingerprint density at radius 1 is 1.31 bits per heavy atom. The van der Waals surface area contributed by atoms with Gasteiger partial charge in [-0.1, -0.05) is 36.7 Å². The Labute approximate surface area is 97.1 Å². The number of hydrogen-bond acceptors (Lipinski definition) is 3. The molecule has 3 heteroatoms. The van der Waals surface area contributed by atoms with Gasteiger partial charge >= 0.3 is 0 Å². The van der Waals surface area contributed by atoms with Crippen LogP contribution in [-0.2, 0) is 11.4 Å². The van der Waals surface area contributed by atoms with E-state index in [1.807, 2.05) is 30.5 Å². The molecular weight excluding hydrogens is 202 g/mol. The van der Waals surface area contributed by atoms with Crippen LogP contribution >= 0.6 is 0 Å². The maximum Gasteiger partial charge on any atom is 0.145 e. The SMILES string of the molecule is CCCCC=NOCc1ccccc1OC. The van der Waals surface area contributed by atoms with Crippen molar-refractivity contribution in [3.63, 3.8) is 0 Å². The monoisotopic (exact) mass is 221 g/mol. The fourth-order valence-corrected chi connectivity index (χ4v) is 1.33. The van der Waals surface area contributed by atoms with Gasteiger partial charge in [0, 0.05) is 11.8 Å². The summed E-state index contributed by atoms with van der Waals surface area (Å²) in [5.74, 6) is 0.839. The van der Waals surface area contributed by atoms with E-state index in [1.165, 1.54) is 6.42 Å². The first-order valence-corrected chi connectivity index (χ1v) is 5.64. The molecule has 0 saturated carbocycles. The van der Waals surface area contributed by atoms with Crippen molar-refractivity contribution in [2.45, 2.75) is 32.8 Å². The standard InChI is InChI=1S/C13H19NO2/c1-3-4-7-10-14-16-11-12-8-5-6-9-13(12)15-2/h5-6,8-10H,3-4,7,11H2,1-2H3. The Morgan fingerprint density at radius 2 is 2.12 bits per heavy atom. The lowest BCUT2D eigenvalue weighted by Crippen LogP contribution is -1.93. The molecule has 0 N–H and O–H groups in total. The van der Waals surface area contributed by atoms with Crippen LogP contribution < -0.4 is 4.74 Å². The van der Waals surface area contributed by atoms with E-state index in [1.54, 1.807) is 7.11 Å². The summed E-state index contributed by atoms with van der Waals surface area (Å²) in [6.45, 7) is 2.61. The molecule has 0 aromatic heterocycles. The maximum atomic E-state index is 5.21. The van der Waals surface area contributed by atoms with E-state index >= 15 is 0 Å². The van der Waals surface area contributed by atoms with E-state index in [4.69, 9.17) is 9.57 Å². The molecule has 0 spiro atoms. The quantitative estimate of drug-likeness (QED) is 0.401. The van der Waals surface area contributed by atoms with Gasteiger partial charge in [-0.05, 0) is 18.9 Å². The number of ether oxygens (including phenoxy) is 1. The van der Waals surface area contributed by atoms with Crippen molar-refractivity contribution in [1.29, 1.82) is 0 Å². The summed E-state index contributed by atoms with van der Waals surface area (Å²) >= 11 is 0. The zero-order valence-electron chi connectivity index (χ0n) is 9.98. The van der Waals surface area contributed by atoms with Gasteiger partial charge in [0.1, 0.15) is 12.4 Å². The molecule has 0 radical (unpaired) electrons. The summed E-state index contributed by atoms with van der Waals surface area (Å²) in [5.41, 5.74) is 1.01. The number of unbranched alkanes of at least 4 members (excludes halogenated alkanes) is 2. The lowest BCUT2D eigenvalue weighted by Gasteiger charge is -2.06. The average molecular weight is 221 g/mol. The lowest BCUT2D eigenvalue weighted by atomic mass is 10.2. The highest BCUT2D eigenvalue weighted by molar-refractivity contribution is 5.56. The van der Waals surface area contributed by atoms with E-state index in [9.17, 15) is 0 Å². The van der Waals surface area contributed by atoms with Crippen LogP contribution in [0, 0.1) is 0 Å². The van der Waals surface area contributed by atoms with E-state index in [2.05, 4.69) is 12.1 Å². The smallest absolute Gasteiger partial charge is 0.145 e. The van der Waals surface area contributed by atoms with E-state index < -0.39 is 0 Å². The highest BCUT2D eigenvalue weighted by atomic mass is 16.6. The number of rotatable bonds is 7. The molecule has 0 unspecified atom stereocenters. The van der Waals surface area contributed by atoms with Gasteiger partial charge in [-0.25, -0.2) is 0 Å². The Hall–Kier alpha value is -1.51. The molecule has 16 heavy (non-hydrogen) atoms. The minimum Gasteiger partial charge on any atom is -0.496 e. The molecule has 3 nitrogen and oxygen atoms in total. The van der Waals surface area contributed by atoms with Crippen molar-refractivity contribution < 1.29 is 9.57 Å². The predicted molar refractivity (Wildman–Crippen MR) is 65.8 cm³/mol. The Balaban J connectivity index is 2.34. The Kier molecular flexibility index (Phi) is 6.07. The minimum atomic E-state index is 0.451. The molecule has 0 aliphatic rings. The molecule has 0 fully saturated rings. The van der Waals surface area contributed by atoms with Gasteiger partial charge in [0.2, 0.25) is 0 Å². The summed E-state index contributed by atoms with van der Waals surface area (Å²) in [4.78, 5) is 5.20. The van der Waals surface area contributed by atoms with Gasteiger partial charge in [0.05, 0.1) is 7.11 Å². The van der Waals surface area contributed by atoms with Crippen LogP contribution in [0.4, 0.5) is 0 Å². The van der Waals surface area contributed by atoms with Crippen LogP contribution in [0.25, 0.3) is 0 Å². The van der Waals surface area contributed by atoms with Crippen molar-refractivity contribution in [2.75, 3.05) is 7.11 Å². The molecule has 0 aliphatic heterocycles. The van der Waals surface area contributed by atoms with E-state index in [0.29, 0.717) is 6.61 Å². The molecule has 0 amide bonds. The number of para-hydroxylation sites is 1. The van der Waals surface area contributed by atoms with Gasteiger partial charge in [-0.3, -0.25) is 0 Å².